The van der Waals surface area contributed by atoms with Crippen LogP contribution in [0.5, 0.6) is 0 Å². The lowest BCUT2D eigenvalue weighted by Crippen LogP contribution is -1.86. The smallest absolute Gasteiger partial charge is 0.258 e. The number of nitro benzene ring substituents is 1. The minimum atomic E-state index is -0.417. The van der Waals surface area contributed by atoms with Gasteiger partial charge in [-0.25, -0.2) is 0 Å². The highest BCUT2D eigenvalue weighted by Gasteiger charge is 2.03. The van der Waals surface area contributed by atoms with Gasteiger partial charge in [0, 0.05) is 23.3 Å². The van der Waals surface area contributed by atoms with E-state index in [4.69, 9.17) is 0 Å². The Balaban J connectivity index is 3.01. The summed E-state index contributed by atoms with van der Waals surface area (Å²) >= 11 is 1.25. The van der Waals surface area contributed by atoms with Crippen molar-refractivity contribution < 1.29 is 4.92 Å². The molecule has 11 heavy (non-hydrogen) atoms. The zero-order chi connectivity index (χ0) is 8.27. The molecule has 0 fully saturated rings. The molecule has 0 aliphatic rings. The molecule has 0 N–H and O–H groups in total. The van der Waals surface area contributed by atoms with Gasteiger partial charge in [-0.1, -0.05) is 6.07 Å². The summed E-state index contributed by atoms with van der Waals surface area (Å²) in [6.45, 7) is 0. The number of non-ortho nitro benzene ring substituents is 1. The van der Waals surface area contributed by atoms with Crippen LogP contribution in [0, 0.1) is 16.4 Å². The molecule has 1 aromatic rings. The number of rotatable bonds is 2. The highest BCUT2D eigenvalue weighted by Crippen LogP contribution is 2.20. The fourth-order valence-corrected chi connectivity index (χ4v) is 1.07. The van der Waals surface area contributed by atoms with Gasteiger partial charge < -0.3 is 0 Å². The summed E-state index contributed by atoms with van der Waals surface area (Å²) in [5.41, 5.74) is 0.110. The summed E-state index contributed by atoms with van der Waals surface area (Å²) in [6, 6.07) is 6.38. The van der Waals surface area contributed by atoms with Gasteiger partial charge in [0.2, 0.25) is 0 Å². The normalized spacial score (nSPS) is 9.55. The average molecular weight is 168 g/mol. The van der Waals surface area contributed by atoms with E-state index in [0.29, 0.717) is 0 Å². The molecule has 1 radical (unpaired) electrons. The van der Waals surface area contributed by atoms with E-state index in [-0.39, 0.29) is 5.69 Å². The van der Waals surface area contributed by atoms with Crippen LogP contribution in [-0.4, -0.2) is 4.92 Å². The largest absolute Gasteiger partial charge is 0.270 e. The molecule has 0 aliphatic carbocycles. The maximum absolute atomic E-state index is 10.2. The molecule has 0 saturated carbocycles. The van der Waals surface area contributed by atoms with Gasteiger partial charge in [-0.2, -0.15) is 0 Å². The van der Waals surface area contributed by atoms with Crippen LogP contribution in [0.1, 0.15) is 0 Å². The maximum Gasteiger partial charge on any atom is 0.270 e. The molecule has 0 aromatic heterocycles. The number of hydrogen-bond donors (Lipinski definition) is 0. The van der Waals surface area contributed by atoms with Gasteiger partial charge in [-0.15, -0.1) is 11.8 Å². The first-order chi connectivity index (χ1) is 5.24. The number of thioether (sulfide) groups is 1. The second-order valence-corrected chi connectivity index (χ2v) is 2.66. The van der Waals surface area contributed by atoms with Crippen molar-refractivity contribution in [1.82, 2.24) is 0 Å². The predicted octanol–water partition coefficient (Wildman–Crippen LogP) is 2.48. The summed E-state index contributed by atoms with van der Waals surface area (Å²) in [5.74, 6) is 0. The Morgan fingerprint density at radius 2 is 2.27 bits per heavy atom. The number of nitro groups is 1. The Labute approximate surface area is 68.6 Å². The average Bonchev–Trinajstić information content (AvgIpc) is 2.05. The van der Waals surface area contributed by atoms with Gasteiger partial charge in [-0.3, -0.25) is 10.1 Å². The Hall–Kier alpha value is -1.03. The van der Waals surface area contributed by atoms with Crippen LogP contribution in [0.3, 0.4) is 0 Å². The Morgan fingerprint density at radius 1 is 1.55 bits per heavy atom. The first-order valence-corrected chi connectivity index (χ1v) is 3.89. The highest BCUT2D eigenvalue weighted by atomic mass is 32.2. The lowest BCUT2D eigenvalue weighted by molar-refractivity contribution is -0.385. The van der Waals surface area contributed by atoms with Crippen molar-refractivity contribution in [2.45, 2.75) is 4.90 Å². The predicted molar refractivity (Wildman–Crippen MR) is 44.3 cm³/mol. The molecule has 0 aliphatic heterocycles. The molecular weight excluding hydrogens is 162 g/mol. The van der Waals surface area contributed by atoms with Crippen molar-refractivity contribution in [3.05, 3.63) is 40.6 Å². The molecule has 1 rings (SSSR count). The van der Waals surface area contributed by atoms with Gasteiger partial charge in [0.25, 0.3) is 5.69 Å². The molecule has 57 valence electrons. The molecular formula is C7H6NO2S. The second kappa shape index (κ2) is 3.39. The molecule has 0 atom stereocenters. The van der Waals surface area contributed by atoms with Crippen molar-refractivity contribution in [3.63, 3.8) is 0 Å². The number of nitrogens with zero attached hydrogens (tertiary/aromatic N) is 1. The van der Waals surface area contributed by atoms with Crippen molar-refractivity contribution in [1.29, 1.82) is 0 Å². The fraction of sp³-hybridized carbons (Fsp3) is 0. The first kappa shape index (κ1) is 8.07. The van der Waals surface area contributed by atoms with Crippen LogP contribution in [0.2, 0.25) is 0 Å². The highest BCUT2D eigenvalue weighted by molar-refractivity contribution is 8.00. The third-order valence-corrected chi connectivity index (χ3v) is 1.78. The second-order valence-electron chi connectivity index (χ2n) is 1.90. The van der Waals surface area contributed by atoms with E-state index in [1.165, 1.54) is 23.9 Å². The summed E-state index contributed by atoms with van der Waals surface area (Å²) in [6.07, 6.45) is 3.55. The number of benzene rings is 1. The molecule has 1 aromatic carbocycles. The van der Waals surface area contributed by atoms with Gasteiger partial charge in [0.1, 0.15) is 0 Å². The lowest BCUT2D eigenvalue weighted by atomic mass is 10.3. The Kier molecular flexibility index (Phi) is 2.48. The van der Waals surface area contributed by atoms with Crippen LogP contribution in [0.4, 0.5) is 5.69 Å². The van der Waals surface area contributed by atoms with Gasteiger partial charge in [0.05, 0.1) is 4.92 Å². The Morgan fingerprint density at radius 3 is 2.82 bits per heavy atom. The first-order valence-electron chi connectivity index (χ1n) is 2.90. The monoisotopic (exact) mass is 168 g/mol. The van der Waals surface area contributed by atoms with E-state index in [0.717, 1.165) is 4.90 Å². The summed E-state index contributed by atoms with van der Waals surface area (Å²) in [4.78, 5) is 10.6. The molecule has 0 amide bonds. The molecule has 0 bridgehead atoms. The molecule has 0 unspecified atom stereocenters. The molecule has 0 heterocycles. The van der Waals surface area contributed by atoms with Gasteiger partial charge in [-0.05, 0) is 6.07 Å². The quantitative estimate of drug-likeness (QED) is 0.387. The minimum Gasteiger partial charge on any atom is -0.258 e. The fourth-order valence-electron chi connectivity index (χ4n) is 0.687. The minimum absolute atomic E-state index is 0.110. The zero-order valence-corrected chi connectivity index (χ0v) is 6.50. The van der Waals surface area contributed by atoms with Crippen LogP contribution < -0.4 is 0 Å². The summed E-state index contributed by atoms with van der Waals surface area (Å²) in [5, 5.41) is 10.2. The van der Waals surface area contributed by atoms with Crippen molar-refractivity contribution >= 4 is 17.4 Å². The third kappa shape index (κ3) is 1.94. The summed E-state index contributed by atoms with van der Waals surface area (Å²) in [7, 11) is 0. The molecule has 0 spiro atoms. The molecule has 4 heteroatoms. The van der Waals surface area contributed by atoms with Gasteiger partial charge in [0.15, 0.2) is 0 Å². The number of hydrogen-bond acceptors (Lipinski definition) is 3. The SMILES string of the molecule is [CH2]Sc1cccc([N+](=O)[O-])c1. The third-order valence-electron chi connectivity index (χ3n) is 1.20. The van der Waals surface area contributed by atoms with E-state index >= 15 is 0 Å². The van der Waals surface area contributed by atoms with Crippen molar-refractivity contribution in [2.75, 3.05) is 0 Å². The van der Waals surface area contributed by atoms with Crippen LogP contribution in [0.25, 0.3) is 0 Å². The van der Waals surface area contributed by atoms with E-state index in [2.05, 4.69) is 6.26 Å². The van der Waals surface area contributed by atoms with Crippen LogP contribution in [-0.2, 0) is 0 Å². The van der Waals surface area contributed by atoms with Crippen LogP contribution >= 0.6 is 11.8 Å². The zero-order valence-electron chi connectivity index (χ0n) is 5.69. The van der Waals surface area contributed by atoms with E-state index in [1.807, 2.05) is 0 Å². The van der Waals surface area contributed by atoms with Crippen molar-refractivity contribution in [2.24, 2.45) is 0 Å². The van der Waals surface area contributed by atoms with Crippen molar-refractivity contribution in [3.8, 4) is 0 Å². The lowest BCUT2D eigenvalue weighted by Gasteiger charge is -1.93. The standard InChI is InChI=1S/C7H6NO2S/c1-11-7-4-2-3-6(5-7)8(9)10/h2-5H,1H2. The van der Waals surface area contributed by atoms with E-state index in [9.17, 15) is 10.1 Å². The van der Waals surface area contributed by atoms with E-state index in [1.54, 1.807) is 12.1 Å². The Bertz CT molecular complexity index is 275. The molecule has 0 saturated heterocycles. The van der Waals surface area contributed by atoms with E-state index < -0.39 is 4.92 Å². The van der Waals surface area contributed by atoms with Crippen LogP contribution in [0.15, 0.2) is 29.2 Å². The maximum atomic E-state index is 10.2. The topological polar surface area (TPSA) is 43.1 Å². The van der Waals surface area contributed by atoms with Gasteiger partial charge >= 0.3 is 0 Å². The summed E-state index contributed by atoms with van der Waals surface area (Å²) < 4.78 is 0. The molecule has 3 nitrogen and oxygen atoms in total.